The van der Waals surface area contributed by atoms with Crippen molar-refractivity contribution in [1.82, 2.24) is 19.9 Å². The predicted octanol–water partition coefficient (Wildman–Crippen LogP) is 0.986. The fraction of sp³-hybridized carbons (Fsp3) is 0.370. The molecule has 12 nitrogen and oxygen atoms in total. The van der Waals surface area contributed by atoms with Crippen LogP contribution in [0.3, 0.4) is 0 Å². The monoisotopic (exact) mass is 536 g/mol. The Morgan fingerprint density at radius 3 is 2.59 bits per heavy atom. The number of primary amides is 1. The van der Waals surface area contributed by atoms with Crippen molar-refractivity contribution in [1.29, 1.82) is 0 Å². The molecule has 3 aromatic rings. The van der Waals surface area contributed by atoms with Gasteiger partial charge >= 0.3 is 6.09 Å². The highest BCUT2D eigenvalue weighted by Gasteiger charge is 2.34. The summed E-state index contributed by atoms with van der Waals surface area (Å²) in [5.74, 6) is -1.58. The van der Waals surface area contributed by atoms with E-state index in [0.717, 1.165) is 5.56 Å². The summed E-state index contributed by atoms with van der Waals surface area (Å²) in [5.41, 5.74) is 6.54. The molecule has 1 aliphatic rings. The van der Waals surface area contributed by atoms with Gasteiger partial charge in [-0.1, -0.05) is 39.9 Å². The van der Waals surface area contributed by atoms with Crippen LogP contribution in [0.15, 0.2) is 54.9 Å². The summed E-state index contributed by atoms with van der Waals surface area (Å²) < 4.78 is 6.64. The maximum Gasteiger partial charge on any atom is 0.410 e. The molecule has 1 aliphatic heterocycles. The smallest absolute Gasteiger partial charge is 0.410 e. The average Bonchev–Trinajstić information content (AvgIpc) is 3.22. The molecular weight excluding hydrogens is 504 g/mol. The minimum atomic E-state index is -1.64. The van der Waals surface area contributed by atoms with Crippen LogP contribution in [-0.2, 0) is 28.9 Å². The highest BCUT2D eigenvalue weighted by molar-refractivity contribution is 5.97. The van der Waals surface area contributed by atoms with E-state index in [9.17, 15) is 24.7 Å². The van der Waals surface area contributed by atoms with Crippen molar-refractivity contribution >= 4 is 17.9 Å². The minimum absolute atomic E-state index is 0.0407. The van der Waals surface area contributed by atoms with Gasteiger partial charge in [0.05, 0.1) is 17.8 Å². The highest BCUT2D eigenvalue weighted by atomic mass is 16.6. The van der Waals surface area contributed by atoms with Gasteiger partial charge < -0.3 is 26.1 Å². The topological polar surface area (TPSA) is 167 Å². The van der Waals surface area contributed by atoms with Crippen molar-refractivity contribution in [2.24, 2.45) is 5.73 Å². The van der Waals surface area contributed by atoms with Gasteiger partial charge in [-0.25, -0.2) is 9.78 Å². The quantitative estimate of drug-likeness (QED) is 0.299. The van der Waals surface area contributed by atoms with E-state index in [-0.39, 0.29) is 24.3 Å². The van der Waals surface area contributed by atoms with E-state index >= 15 is 0 Å². The van der Waals surface area contributed by atoms with Crippen LogP contribution in [0, 0.1) is 5.21 Å². The number of nitrogens with zero attached hydrogens (tertiary/aromatic N) is 4. The van der Waals surface area contributed by atoms with E-state index in [1.54, 1.807) is 51.2 Å². The van der Waals surface area contributed by atoms with Gasteiger partial charge in [0, 0.05) is 18.3 Å². The summed E-state index contributed by atoms with van der Waals surface area (Å²) in [5, 5.41) is 26.4. The average molecular weight is 537 g/mol. The molecule has 0 saturated heterocycles. The maximum absolute atomic E-state index is 13.4. The third-order valence-electron chi connectivity index (χ3n) is 6.25. The second-order valence-corrected chi connectivity index (χ2v) is 10.4. The molecule has 2 aromatic heterocycles. The Labute approximate surface area is 225 Å². The number of aliphatic hydroxyl groups excluding tert-OH is 1. The highest BCUT2D eigenvalue weighted by Crippen LogP contribution is 2.21. The number of aliphatic hydroxyl groups is 1. The van der Waals surface area contributed by atoms with Gasteiger partial charge in [-0.3, -0.25) is 14.5 Å². The van der Waals surface area contributed by atoms with Crippen LogP contribution in [0.1, 0.15) is 48.0 Å². The predicted molar refractivity (Wildman–Crippen MR) is 139 cm³/mol. The molecule has 0 aliphatic carbocycles. The summed E-state index contributed by atoms with van der Waals surface area (Å²) in [7, 11) is 0. The van der Waals surface area contributed by atoms with E-state index in [0.29, 0.717) is 29.1 Å². The fourth-order valence-electron chi connectivity index (χ4n) is 4.35. The van der Waals surface area contributed by atoms with Crippen molar-refractivity contribution in [3.63, 3.8) is 0 Å². The number of fused-ring (bicyclic) bond motifs is 1. The molecule has 3 amide bonds. The molecular formula is C27H32N6O6. The molecule has 0 radical (unpaired) electrons. The van der Waals surface area contributed by atoms with Crippen molar-refractivity contribution in [2.45, 2.75) is 57.9 Å². The molecule has 2 unspecified atom stereocenters. The van der Waals surface area contributed by atoms with Gasteiger partial charge in [0.25, 0.3) is 5.91 Å². The van der Waals surface area contributed by atoms with E-state index in [1.807, 2.05) is 6.07 Å². The van der Waals surface area contributed by atoms with Crippen LogP contribution in [-0.4, -0.2) is 61.9 Å². The number of carbonyl (C=O) groups is 3. The van der Waals surface area contributed by atoms with Gasteiger partial charge in [-0.05, 0) is 51.3 Å². The van der Waals surface area contributed by atoms with Crippen LogP contribution in [0.4, 0.5) is 4.79 Å². The van der Waals surface area contributed by atoms with Gasteiger partial charge in [0.1, 0.15) is 12.1 Å². The molecule has 0 bridgehead atoms. The normalized spacial score (nSPS) is 14.7. The van der Waals surface area contributed by atoms with Gasteiger partial charge in [0.2, 0.25) is 17.4 Å². The Hall–Kier alpha value is -4.45. The number of rotatable bonds is 7. The first kappa shape index (κ1) is 27.6. The van der Waals surface area contributed by atoms with Crippen molar-refractivity contribution in [2.75, 3.05) is 6.54 Å². The van der Waals surface area contributed by atoms with Crippen LogP contribution in [0.5, 0.6) is 0 Å². The van der Waals surface area contributed by atoms with Crippen LogP contribution < -0.4 is 15.9 Å². The Morgan fingerprint density at radius 1 is 1.21 bits per heavy atom. The zero-order valence-corrected chi connectivity index (χ0v) is 22.0. The summed E-state index contributed by atoms with van der Waals surface area (Å²) in [6, 6.07) is 11.0. The molecule has 0 saturated carbocycles. The molecule has 1 aromatic carbocycles. The van der Waals surface area contributed by atoms with Gasteiger partial charge in [-0.2, -0.15) is 0 Å². The van der Waals surface area contributed by atoms with Crippen molar-refractivity contribution in [3.05, 3.63) is 82.4 Å². The van der Waals surface area contributed by atoms with Crippen LogP contribution >= 0.6 is 0 Å². The van der Waals surface area contributed by atoms with Gasteiger partial charge in [-0.15, -0.1) is 0 Å². The summed E-state index contributed by atoms with van der Waals surface area (Å²) in [4.78, 5) is 44.0. The number of nitrogens with two attached hydrogens (primary N) is 1. The number of amides is 3. The standard InChI is InChI=1S/C27H32N6O6/c1-27(2,3)39-26(37)31-13-11-18-15-32(33(38)21(18)16-31)24-19(10-7-12-29-24)25(36)30-20(22(34)23(28)35)14-17-8-5-4-6-9-17/h4-10,12,15,20,22,34H,11,13-14,16H2,1-3H3,(H2,28,35)(H,30,36). The molecule has 12 heteroatoms. The van der Waals surface area contributed by atoms with Gasteiger partial charge in [0.15, 0.2) is 6.10 Å². The molecule has 3 heterocycles. The van der Waals surface area contributed by atoms with Crippen LogP contribution in [0.25, 0.3) is 5.82 Å². The van der Waals surface area contributed by atoms with Crippen LogP contribution in [0.2, 0.25) is 0 Å². The SMILES string of the molecule is CC(C)(C)OC(=O)N1CCc2cn(-c3ncccc3C(=O)NC(Cc3ccccc3)C(O)C(N)=O)[n+]([O-])c2C1. The number of benzene rings is 1. The summed E-state index contributed by atoms with van der Waals surface area (Å²) >= 11 is 0. The minimum Gasteiger partial charge on any atom is -0.595 e. The zero-order chi connectivity index (χ0) is 28.3. The number of aromatic nitrogens is 3. The lowest BCUT2D eigenvalue weighted by atomic mass is 10.0. The fourth-order valence-corrected chi connectivity index (χ4v) is 4.35. The zero-order valence-electron chi connectivity index (χ0n) is 22.0. The second kappa shape index (κ2) is 11.1. The van der Waals surface area contributed by atoms with E-state index < -0.39 is 35.7 Å². The Balaban J connectivity index is 1.60. The van der Waals surface area contributed by atoms with E-state index in [4.69, 9.17) is 10.5 Å². The first-order chi connectivity index (χ1) is 18.4. The van der Waals surface area contributed by atoms with E-state index in [1.165, 1.54) is 27.9 Å². The number of carbonyl (C=O) groups excluding carboxylic acids is 3. The lowest BCUT2D eigenvalue weighted by Gasteiger charge is -2.28. The molecule has 4 rings (SSSR count). The Morgan fingerprint density at radius 2 is 1.92 bits per heavy atom. The van der Waals surface area contributed by atoms with Crippen molar-refractivity contribution < 1.29 is 29.1 Å². The molecule has 39 heavy (non-hydrogen) atoms. The number of hydrogen-bond acceptors (Lipinski definition) is 7. The Kier molecular flexibility index (Phi) is 7.86. The van der Waals surface area contributed by atoms with E-state index in [2.05, 4.69) is 10.3 Å². The first-order valence-electron chi connectivity index (χ1n) is 12.5. The summed E-state index contributed by atoms with van der Waals surface area (Å²) in [6.45, 7) is 5.72. The molecule has 4 N–H and O–H groups in total. The second-order valence-electron chi connectivity index (χ2n) is 10.4. The number of nitrogens with one attached hydrogen (secondary N) is 1. The molecule has 2 atom stereocenters. The largest absolute Gasteiger partial charge is 0.595 e. The summed E-state index contributed by atoms with van der Waals surface area (Å²) in [6.07, 6.45) is 1.44. The lowest BCUT2D eigenvalue weighted by molar-refractivity contribution is -0.692. The number of hydrogen-bond donors (Lipinski definition) is 3. The number of pyridine rings is 1. The third-order valence-corrected chi connectivity index (χ3v) is 6.25. The molecule has 0 fully saturated rings. The maximum atomic E-state index is 13.4. The molecule has 0 spiro atoms. The number of ether oxygens (including phenoxy) is 1. The molecule has 206 valence electrons. The third kappa shape index (κ3) is 6.34. The first-order valence-corrected chi connectivity index (χ1v) is 12.5. The lowest BCUT2D eigenvalue weighted by Crippen LogP contribution is -2.51. The Bertz CT molecular complexity index is 1370. The van der Waals surface area contributed by atoms with Crippen molar-refractivity contribution in [3.8, 4) is 5.82 Å².